The summed E-state index contributed by atoms with van der Waals surface area (Å²) in [6.45, 7) is 0. The third-order valence-electron chi connectivity index (χ3n) is 9.16. The Hall–Kier alpha value is -3.65. The Kier molecular flexibility index (Phi) is 7.60. The van der Waals surface area contributed by atoms with Gasteiger partial charge in [0.05, 0.1) is 0 Å². The average molecular weight is 556 g/mol. The Balaban J connectivity index is 1.13. The van der Waals surface area contributed by atoms with E-state index >= 15 is 0 Å². The molecule has 3 aliphatic rings. The van der Waals surface area contributed by atoms with Gasteiger partial charge in [0.25, 0.3) is 0 Å². The van der Waals surface area contributed by atoms with Crippen molar-refractivity contribution in [2.45, 2.75) is 75.5 Å². The van der Waals surface area contributed by atoms with E-state index in [1.165, 1.54) is 0 Å². The van der Waals surface area contributed by atoms with Crippen molar-refractivity contribution in [1.82, 2.24) is 15.1 Å². The molecule has 2 aromatic carbocycles. The Morgan fingerprint density at radius 3 is 2.27 bits per heavy atom. The maximum absolute atomic E-state index is 13.5. The van der Waals surface area contributed by atoms with Crippen molar-refractivity contribution in [2.24, 2.45) is 17.6 Å². The van der Waals surface area contributed by atoms with Gasteiger partial charge in [-0.2, -0.15) is 0 Å². The van der Waals surface area contributed by atoms with Gasteiger partial charge in [-0.1, -0.05) is 54.6 Å². The third-order valence-corrected chi connectivity index (χ3v) is 9.16. The number of rotatable bonds is 8. The standard InChI is InChI=1S/C33H38FN5O2/c1-39(32(41)24-9-10-24)27-15-7-21(8-16-27)17-30(40)36-29-18-28(22-5-3-2-4-6-22)31(38-37-29)23-11-13-25(14-12-23)33(35)19-26(34)20-33/h2-6,11-14,18,21,24,26-27H,7-10,15-17,19-20,35H2,1H3,(H,36,37,40)/t21?,26-,27?,33-. The number of nitrogens with one attached hydrogen (secondary N) is 1. The molecule has 214 valence electrons. The average Bonchev–Trinajstić information content (AvgIpc) is 3.82. The van der Waals surface area contributed by atoms with Crippen molar-refractivity contribution in [2.75, 3.05) is 12.4 Å². The lowest BCUT2D eigenvalue weighted by Crippen LogP contribution is -2.50. The number of aromatic nitrogens is 2. The van der Waals surface area contributed by atoms with E-state index in [4.69, 9.17) is 5.73 Å². The van der Waals surface area contributed by atoms with Crippen LogP contribution in [0.5, 0.6) is 0 Å². The van der Waals surface area contributed by atoms with Crippen LogP contribution in [-0.4, -0.2) is 46.2 Å². The quantitative estimate of drug-likeness (QED) is 0.363. The predicted molar refractivity (Wildman–Crippen MR) is 157 cm³/mol. The number of amides is 2. The summed E-state index contributed by atoms with van der Waals surface area (Å²) in [6, 6.07) is 19.9. The molecule has 3 aromatic rings. The molecule has 3 aliphatic carbocycles. The Morgan fingerprint density at radius 2 is 1.63 bits per heavy atom. The van der Waals surface area contributed by atoms with E-state index in [-0.39, 0.29) is 23.8 Å². The number of hydrogen-bond donors (Lipinski definition) is 2. The van der Waals surface area contributed by atoms with Crippen molar-refractivity contribution in [3.63, 3.8) is 0 Å². The molecular weight excluding hydrogens is 517 g/mol. The highest BCUT2D eigenvalue weighted by Crippen LogP contribution is 2.42. The zero-order valence-corrected chi connectivity index (χ0v) is 23.6. The Morgan fingerprint density at radius 1 is 0.951 bits per heavy atom. The van der Waals surface area contributed by atoms with Crippen molar-refractivity contribution in [1.29, 1.82) is 0 Å². The largest absolute Gasteiger partial charge is 0.343 e. The fraction of sp³-hybridized carbons (Fsp3) is 0.455. The molecule has 0 bridgehead atoms. The SMILES string of the molecule is CN(C(=O)C1CC1)C1CCC(CC(=O)Nc2cc(-c3ccccc3)c(-c3ccc([C@]4(N)C[C@H](F)C4)cc3)nn2)CC1. The monoisotopic (exact) mass is 555 g/mol. The van der Waals surface area contributed by atoms with Crippen LogP contribution in [0.1, 0.15) is 63.4 Å². The first kappa shape index (κ1) is 27.5. The zero-order valence-electron chi connectivity index (χ0n) is 23.6. The predicted octanol–water partition coefficient (Wildman–Crippen LogP) is 5.85. The fourth-order valence-electron chi connectivity index (χ4n) is 6.42. The molecule has 0 radical (unpaired) electrons. The van der Waals surface area contributed by atoms with Crippen molar-refractivity contribution in [3.05, 3.63) is 66.2 Å². The van der Waals surface area contributed by atoms with Crippen LogP contribution < -0.4 is 11.1 Å². The lowest BCUT2D eigenvalue weighted by molar-refractivity contribution is -0.134. The smallest absolute Gasteiger partial charge is 0.225 e. The van der Waals surface area contributed by atoms with E-state index in [1.807, 2.05) is 72.6 Å². The van der Waals surface area contributed by atoms with Gasteiger partial charge in [-0.25, -0.2) is 4.39 Å². The van der Waals surface area contributed by atoms with E-state index in [0.717, 1.165) is 60.8 Å². The second-order valence-corrected chi connectivity index (χ2v) is 12.2. The minimum Gasteiger partial charge on any atom is -0.343 e. The molecule has 3 saturated carbocycles. The number of hydrogen-bond acceptors (Lipinski definition) is 5. The maximum atomic E-state index is 13.5. The molecule has 0 atom stereocenters. The second kappa shape index (κ2) is 11.3. The van der Waals surface area contributed by atoms with Gasteiger partial charge in [0.15, 0.2) is 5.82 Å². The van der Waals surface area contributed by atoms with Gasteiger partial charge < -0.3 is 16.0 Å². The van der Waals surface area contributed by atoms with E-state index in [2.05, 4.69) is 15.5 Å². The number of nitrogens with zero attached hydrogens (tertiary/aromatic N) is 3. The number of halogens is 1. The van der Waals surface area contributed by atoms with Crippen LogP contribution in [0, 0.1) is 11.8 Å². The number of nitrogens with two attached hydrogens (primary N) is 1. The zero-order chi connectivity index (χ0) is 28.6. The summed E-state index contributed by atoms with van der Waals surface area (Å²) in [6.07, 6.45) is 6.09. The van der Waals surface area contributed by atoms with Crippen LogP contribution in [0.25, 0.3) is 22.4 Å². The summed E-state index contributed by atoms with van der Waals surface area (Å²) in [5.41, 5.74) is 10.1. The van der Waals surface area contributed by atoms with E-state index < -0.39 is 11.7 Å². The third kappa shape index (κ3) is 6.03. The van der Waals surface area contributed by atoms with E-state index in [9.17, 15) is 14.0 Å². The van der Waals surface area contributed by atoms with Gasteiger partial charge in [0.1, 0.15) is 11.9 Å². The fourth-order valence-corrected chi connectivity index (χ4v) is 6.42. The number of carbonyl (C=O) groups excluding carboxylic acids is 2. The second-order valence-electron chi connectivity index (χ2n) is 12.2. The molecule has 0 unspecified atom stereocenters. The van der Waals surface area contributed by atoms with Gasteiger partial charge in [0, 0.05) is 54.9 Å². The van der Waals surface area contributed by atoms with Gasteiger partial charge in [-0.3, -0.25) is 9.59 Å². The van der Waals surface area contributed by atoms with Crippen LogP contribution in [0.15, 0.2) is 60.7 Å². The first-order valence-corrected chi connectivity index (χ1v) is 14.8. The summed E-state index contributed by atoms with van der Waals surface area (Å²) >= 11 is 0. The first-order chi connectivity index (χ1) is 19.8. The lowest BCUT2D eigenvalue weighted by atomic mass is 9.71. The molecule has 1 aromatic heterocycles. The lowest BCUT2D eigenvalue weighted by Gasteiger charge is -2.41. The van der Waals surface area contributed by atoms with Crippen LogP contribution in [0.4, 0.5) is 10.2 Å². The molecule has 0 spiro atoms. The molecule has 7 nitrogen and oxygen atoms in total. The summed E-state index contributed by atoms with van der Waals surface area (Å²) in [5.74, 6) is 1.18. The molecule has 8 heteroatoms. The molecule has 2 amide bonds. The number of carbonyl (C=O) groups is 2. The first-order valence-electron chi connectivity index (χ1n) is 14.8. The molecule has 3 N–H and O–H groups in total. The Labute approximate surface area is 240 Å². The molecule has 0 saturated heterocycles. The van der Waals surface area contributed by atoms with Gasteiger partial charge in [-0.15, -0.1) is 10.2 Å². The van der Waals surface area contributed by atoms with Crippen molar-refractivity contribution < 1.29 is 14.0 Å². The molecular formula is C33H38FN5O2. The molecule has 41 heavy (non-hydrogen) atoms. The van der Waals surface area contributed by atoms with Crippen LogP contribution in [0.3, 0.4) is 0 Å². The van der Waals surface area contributed by atoms with Crippen LogP contribution >= 0.6 is 0 Å². The normalized spacial score (nSPS) is 25.7. The van der Waals surface area contributed by atoms with E-state index in [0.29, 0.717) is 36.7 Å². The number of anilines is 1. The summed E-state index contributed by atoms with van der Waals surface area (Å²) in [4.78, 5) is 27.4. The minimum absolute atomic E-state index is 0.0683. The van der Waals surface area contributed by atoms with Gasteiger partial charge >= 0.3 is 0 Å². The van der Waals surface area contributed by atoms with Gasteiger partial charge in [0.2, 0.25) is 11.8 Å². The highest BCUT2D eigenvalue weighted by Gasteiger charge is 2.42. The number of alkyl halides is 1. The molecule has 6 rings (SSSR count). The summed E-state index contributed by atoms with van der Waals surface area (Å²) < 4.78 is 13.5. The van der Waals surface area contributed by atoms with Gasteiger partial charge in [-0.05, 0) is 61.6 Å². The molecule has 1 heterocycles. The molecule has 0 aliphatic heterocycles. The maximum Gasteiger partial charge on any atom is 0.225 e. The Bertz CT molecular complexity index is 1390. The summed E-state index contributed by atoms with van der Waals surface area (Å²) in [7, 11) is 1.93. The van der Waals surface area contributed by atoms with Crippen molar-refractivity contribution in [3.8, 4) is 22.4 Å². The van der Waals surface area contributed by atoms with Crippen molar-refractivity contribution >= 4 is 17.6 Å². The highest BCUT2D eigenvalue weighted by atomic mass is 19.1. The van der Waals surface area contributed by atoms with Crippen LogP contribution in [-0.2, 0) is 15.1 Å². The molecule has 3 fully saturated rings. The highest BCUT2D eigenvalue weighted by molar-refractivity contribution is 5.91. The van der Waals surface area contributed by atoms with E-state index in [1.54, 1.807) is 0 Å². The summed E-state index contributed by atoms with van der Waals surface area (Å²) in [5, 5.41) is 11.9. The topological polar surface area (TPSA) is 101 Å². The van der Waals surface area contributed by atoms with Crippen LogP contribution in [0.2, 0.25) is 0 Å². The number of benzene rings is 2. The minimum atomic E-state index is -0.836.